The van der Waals surface area contributed by atoms with Crippen LogP contribution in [-0.2, 0) is 4.79 Å². The number of carbonyl (C=O) groups is 2. The molecule has 1 aliphatic heterocycles. The number of alkyl halides is 3. The SMILES string of the molecule is O=C(CC(F)(F)F)Oc1ccc2c(C(=O)c3ccc(OCCN4CCCCC4)cc3)c(-c3ccc(O)cc3)sc2c1. The van der Waals surface area contributed by atoms with Crippen LogP contribution in [0.2, 0.25) is 0 Å². The van der Waals surface area contributed by atoms with Crippen molar-refractivity contribution in [2.45, 2.75) is 31.9 Å². The van der Waals surface area contributed by atoms with Crippen molar-refractivity contribution in [2.75, 3.05) is 26.2 Å². The van der Waals surface area contributed by atoms with E-state index in [1.165, 1.54) is 54.9 Å². The number of hydrogen-bond donors (Lipinski definition) is 1. The Morgan fingerprint density at radius 1 is 0.902 bits per heavy atom. The summed E-state index contributed by atoms with van der Waals surface area (Å²) >= 11 is 1.24. The van der Waals surface area contributed by atoms with Gasteiger partial charge in [-0.25, -0.2) is 0 Å². The molecule has 6 nitrogen and oxygen atoms in total. The van der Waals surface area contributed by atoms with E-state index in [2.05, 4.69) is 4.90 Å². The van der Waals surface area contributed by atoms with Crippen LogP contribution in [-0.4, -0.2) is 54.2 Å². The second-order valence-corrected chi connectivity index (χ2v) is 10.9. The molecular formula is C31H28F3NO5S. The highest BCUT2D eigenvalue weighted by atomic mass is 32.1. The molecular weight excluding hydrogens is 555 g/mol. The molecule has 1 aromatic heterocycles. The number of esters is 1. The Balaban J connectivity index is 1.40. The summed E-state index contributed by atoms with van der Waals surface area (Å²) < 4.78 is 49.1. The summed E-state index contributed by atoms with van der Waals surface area (Å²) in [5.41, 5.74) is 1.53. The molecule has 214 valence electrons. The van der Waals surface area contributed by atoms with Crippen LogP contribution in [0.25, 0.3) is 20.5 Å². The van der Waals surface area contributed by atoms with Gasteiger partial charge in [0.05, 0.1) is 0 Å². The third-order valence-electron chi connectivity index (χ3n) is 6.84. The van der Waals surface area contributed by atoms with Crippen molar-refractivity contribution in [1.29, 1.82) is 0 Å². The summed E-state index contributed by atoms with van der Waals surface area (Å²) in [6, 6.07) is 17.7. The molecule has 41 heavy (non-hydrogen) atoms. The number of piperidine rings is 1. The quantitative estimate of drug-likeness (QED) is 0.127. The van der Waals surface area contributed by atoms with Gasteiger partial charge in [-0.3, -0.25) is 14.5 Å². The van der Waals surface area contributed by atoms with Crippen LogP contribution in [0, 0.1) is 0 Å². The summed E-state index contributed by atoms with van der Waals surface area (Å²) in [7, 11) is 0. The van der Waals surface area contributed by atoms with Crippen molar-refractivity contribution < 1.29 is 37.3 Å². The van der Waals surface area contributed by atoms with E-state index in [1.54, 1.807) is 42.5 Å². The molecule has 5 rings (SSSR count). The highest BCUT2D eigenvalue weighted by molar-refractivity contribution is 7.22. The lowest BCUT2D eigenvalue weighted by Crippen LogP contribution is -2.33. The molecule has 4 aromatic rings. The van der Waals surface area contributed by atoms with E-state index in [0.717, 1.165) is 19.6 Å². The fraction of sp³-hybridized carbons (Fsp3) is 0.290. The van der Waals surface area contributed by atoms with Gasteiger partial charge >= 0.3 is 12.1 Å². The number of phenolic OH excluding ortho intramolecular Hbond substituents is 1. The van der Waals surface area contributed by atoms with Crippen molar-refractivity contribution in [3.63, 3.8) is 0 Å². The first-order chi connectivity index (χ1) is 19.7. The van der Waals surface area contributed by atoms with E-state index < -0.39 is 18.6 Å². The van der Waals surface area contributed by atoms with E-state index >= 15 is 0 Å². The van der Waals surface area contributed by atoms with Crippen LogP contribution in [0.3, 0.4) is 0 Å². The molecule has 0 amide bonds. The molecule has 3 aromatic carbocycles. The topological polar surface area (TPSA) is 76.1 Å². The van der Waals surface area contributed by atoms with Crippen LogP contribution < -0.4 is 9.47 Å². The number of aromatic hydroxyl groups is 1. The number of phenols is 1. The number of benzene rings is 3. The molecule has 10 heteroatoms. The number of thiophene rings is 1. The number of halogens is 3. The van der Waals surface area contributed by atoms with Crippen LogP contribution in [0.4, 0.5) is 13.2 Å². The van der Waals surface area contributed by atoms with Gasteiger partial charge < -0.3 is 14.6 Å². The van der Waals surface area contributed by atoms with Crippen LogP contribution >= 0.6 is 11.3 Å². The summed E-state index contributed by atoms with van der Waals surface area (Å²) in [4.78, 5) is 28.6. The zero-order valence-electron chi connectivity index (χ0n) is 22.1. The van der Waals surface area contributed by atoms with Crippen molar-refractivity contribution in [1.82, 2.24) is 4.90 Å². The Morgan fingerprint density at radius 2 is 1.59 bits per heavy atom. The number of likely N-dealkylation sites (tertiary alicyclic amines) is 1. The van der Waals surface area contributed by atoms with Crippen molar-refractivity contribution in [2.24, 2.45) is 0 Å². The van der Waals surface area contributed by atoms with E-state index in [0.29, 0.717) is 44.0 Å². The first-order valence-corrected chi connectivity index (χ1v) is 14.1. The largest absolute Gasteiger partial charge is 0.508 e. The predicted octanol–water partition coefficient (Wildman–Crippen LogP) is 7.23. The number of rotatable bonds is 9. The third-order valence-corrected chi connectivity index (χ3v) is 8.04. The van der Waals surface area contributed by atoms with E-state index in [9.17, 15) is 27.9 Å². The van der Waals surface area contributed by atoms with Crippen LogP contribution in [0.5, 0.6) is 17.2 Å². The summed E-state index contributed by atoms with van der Waals surface area (Å²) in [5, 5.41) is 10.3. The molecule has 0 saturated carbocycles. The fourth-order valence-electron chi connectivity index (χ4n) is 4.84. The number of hydrogen-bond acceptors (Lipinski definition) is 7. The molecule has 1 saturated heterocycles. The Hall–Kier alpha value is -3.89. The maximum atomic E-state index is 13.8. The molecule has 0 radical (unpaired) electrons. The Bertz CT molecular complexity index is 1520. The minimum Gasteiger partial charge on any atom is -0.508 e. The minimum absolute atomic E-state index is 0.0460. The Morgan fingerprint density at radius 3 is 2.27 bits per heavy atom. The minimum atomic E-state index is -4.68. The predicted molar refractivity (Wildman–Crippen MR) is 151 cm³/mol. The average Bonchev–Trinajstić information content (AvgIpc) is 3.31. The van der Waals surface area contributed by atoms with Gasteiger partial charge in [0.15, 0.2) is 5.78 Å². The number of fused-ring (bicyclic) bond motifs is 1. The van der Waals surface area contributed by atoms with Gasteiger partial charge in [0.1, 0.15) is 30.3 Å². The molecule has 1 N–H and O–H groups in total. The zero-order chi connectivity index (χ0) is 29.0. The fourth-order valence-corrected chi connectivity index (χ4v) is 6.07. The summed E-state index contributed by atoms with van der Waals surface area (Å²) in [6.07, 6.45) is -2.67. The maximum absolute atomic E-state index is 13.8. The number of carbonyl (C=O) groups excluding carboxylic acids is 2. The Labute approximate surface area is 238 Å². The normalized spacial score (nSPS) is 14.2. The van der Waals surface area contributed by atoms with Crippen molar-refractivity contribution in [3.05, 3.63) is 77.9 Å². The second kappa shape index (κ2) is 12.3. The van der Waals surface area contributed by atoms with E-state index in [1.807, 2.05) is 0 Å². The van der Waals surface area contributed by atoms with Crippen molar-refractivity contribution in [3.8, 4) is 27.7 Å². The zero-order valence-corrected chi connectivity index (χ0v) is 22.9. The van der Waals surface area contributed by atoms with Gasteiger partial charge in [0, 0.05) is 32.6 Å². The van der Waals surface area contributed by atoms with Crippen molar-refractivity contribution >= 4 is 33.2 Å². The lowest BCUT2D eigenvalue weighted by Gasteiger charge is -2.26. The monoisotopic (exact) mass is 583 g/mol. The Kier molecular flexibility index (Phi) is 8.60. The molecule has 0 unspecified atom stereocenters. The molecule has 0 spiro atoms. The van der Waals surface area contributed by atoms with Crippen LogP contribution in [0.1, 0.15) is 41.6 Å². The first kappa shape index (κ1) is 28.6. The van der Waals surface area contributed by atoms with Gasteiger partial charge in [-0.1, -0.05) is 6.42 Å². The third kappa shape index (κ3) is 7.25. The summed E-state index contributed by atoms with van der Waals surface area (Å²) in [5.74, 6) is -0.978. The average molecular weight is 584 g/mol. The van der Waals surface area contributed by atoms with E-state index in [4.69, 9.17) is 9.47 Å². The highest BCUT2D eigenvalue weighted by Gasteiger charge is 2.32. The molecule has 1 aliphatic rings. The van der Waals surface area contributed by atoms with E-state index in [-0.39, 0.29) is 17.3 Å². The smallest absolute Gasteiger partial charge is 0.399 e. The van der Waals surface area contributed by atoms with Crippen LogP contribution in [0.15, 0.2) is 66.7 Å². The molecule has 0 atom stereocenters. The lowest BCUT2D eigenvalue weighted by atomic mass is 9.97. The van der Waals surface area contributed by atoms with Gasteiger partial charge in [-0.05, 0) is 98.2 Å². The standard InChI is InChI=1S/C31H28F3NO5S/c32-31(33,34)19-27(37)40-24-12-13-25-26(18-24)41-30(21-4-8-22(36)9-5-21)28(25)29(38)20-6-10-23(11-7-20)39-17-16-35-14-2-1-3-15-35/h4-13,18,36H,1-3,14-17,19H2. The lowest BCUT2D eigenvalue weighted by molar-refractivity contribution is -0.164. The number of nitrogens with zero attached hydrogens (tertiary/aromatic N) is 1. The van der Waals surface area contributed by atoms with Gasteiger partial charge in [-0.2, -0.15) is 13.2 Å². The highest BCUT2D eigenvalue weighted by Crippen LogP contribution is 2.42. The molecule has 0 aliphatic carbocycles. The maximum Gasteiger partial charge on any atom is 0.399 e. The molecule has 1 fully saturated rings. The molecule has 2 heterocycles. The van der Waals surface area contributed by atoms with Gasteiger partial charge in [-0.15, -0.1) is 11.3 Å². The second-order valence-electron chi connectivity index (χ2n) is 9.88. The molecule has 0 bridgehead atoms. The first-order valence-electron chi connectivity index (χ1n) is 13.3. The number of ether oxygens (including phenoxy) is 2. The number of ketones is 1. The van der Waals surface area contributed by atoms with Gasteiger partial charge in [0.25, 0.3) is 0 Å². The summed E-state index contributed by atoms with van der Waals surface area (Å²) in [6.45, 7) is 3.59. The van der Waals surface area contributed by atoms with Gasteiger partial charge in [0.2, 0.25) is 0 Å².